The van der Waals surface area contributed by atoms with Gasteiger partial charge in [-0.2, -0.15) is 0 Å². The van der Waals surface area contributed by atoms with Gasteiger partial charge >= 0.3 is 6.09 Å². The molecule has 0 aromatic heterocycles. The summed E-state index contributed by atoms with van der Waals surface area (Å²) in [7, 11) is 1.61. The van der Waals surface area contributed by atoms with Crippen LogP contribution in [0.4, 0.5) is 16.2 Å². The average molecular weight is 481 g/mol. The number of hydrogen-bond acceptors (Lipinski definition) is 5. The highest BCUT2D eigenvalue weighted by atomic mass is 16.6. The van der Waals surface area contributed by atoms with Crippen LogP contribution in [0.2, 0.25) is 0 Å². The summed E-state index contributed by atoms with van der Waals surface area (Å²) >= 11 is 0. The van der Waals surface area contributed by atoms with E-state index >= 15 is 0 Å². The summed E-state index contributed by atoms with van der Waals surface area (Å²) in [5, 5.41) is 0. The largest absolute Gasteiger partial charge is 0.497 e. The standard InChI is InChI=1S/C28H36N2O5/c1-6-20-17-29(24-14-18(3)19(4)15-25(24)30(20)28(32)34-7-2)27(31)23-13-12-22(33-5)16-26(23)35-21-10-8-9-11-21/h12-16,20-21H,6-11,17H2,1-5H3. The van der Waals surface area contributed by atoms with Crippen LogP contribution < -0.4 is 19.3 Å². The van der Waals surface area contributed by atoms with E-state index in [0.29, 0.717) is 48.0 Å². The van der Waals surface area contributed by atoms with Crippen LogP contribution >= 0.6 is 0 Å². The second kappa shape index (κ2) is 10.6. The van der Waals surface area contributed by atoms with Crippen molar-refractivity contribution >= 4 is 23.4 Å². The Hall–Kier alpha value is -3.22. The Morgan fingerprint density at radius 2 is 1.69 bits per heavy atom. The van der Waals surface area contributed by atoms with Crippen LogP contribution in [0.15, 0.2) is 30.3 Å². The molecule has 7 heteroatoms. The maximum Gasteiger partial charge on any atom is 0.414 e. The first kappa shape index (κ1) is 24.9. The molecule has 4 rings (SSSR count). The SMILES string of the molecule is CCOC(=O)N1c2cc(C)c(C)cc2N(C(=O)c2ccc(OC)cc2OC2CCCC2)CC1CC. The maximum absolute atomic E-state index is 14.1. The third-order valence-corrected chi connectivity index (χ3v) is 7.10. The van der Waals surface area contributed by atoms with Crippen LogP contribution in [0.25, 0.3) is 0 Å². The van der Waals surface area contributed by atoms with E-state index in [1.54, 1.807) is 42.0 Å². The first-order valence-corrected chi connectivity index (χ1v) is 12.6. The Bertz CT molecular complexity index is 1090. The van der Waals surface area contributed by atoms with Crippen LogP contribution in [-0.2, 0) is 4.74 Å². The van der Waals surface area contributed by atoms with Gasteiger partial charge in [0, 0.05) is 12.6 Å². The maximum atomic E-state index is 14.1. The fraction of sp³-hybridized carbons (Fsp3) is 0.500. The smallest absolute Gasteiger partial charge is 0.414 e. The molecule has 188 valence electrons. The summed E-state index contributed by atoms with van der Waals surface area (Å²) in [6, 6.07) is 9.14. The molecule has 1 fully saturated rings. The molecule has 2 aliphatic rings. The Morgan fingerprint density at radius 3 is 2.31 bits per heavy atom. The summed E-state index contributed by atoms with van der Waals surface area (Å²) in [5.41, 5.74) is 4.01. The topological polar surface area (TPSA) is 68.3 Å². The van der Waals surface area contributed by atoms with E-state index in [4.69, 9.17) is 14.2 Å². The second-order valence-corrected chi connectivity index (χ2v) is 9.36. The van der Waals surface area contributed by atoms with Crippen LogP contribution in [-0.4, -0.2) is 44.4 Å². The fourth-order valence-electron chi connectivity index (χ4n) is 4.96. The van der Waals surface area contributed by atoms with Crippen molar-refractivity contribution < 1.29 is 23.8 Å². The van der Waals surface area contributed by atoms with Crippen LogP contribution in [0.5, 0.6) is 11.5 Å². The molecule has 0 radical (unpaired) electrons. The first-order valence-electron chi connectivity index (χ1n) is 12.6. The van der Waals surface area contributed by atoms with Gasteiger partial charge in [-0.05, 0) is 88.3 Å². The van der Waals surface area contributed by atoms with Gasteiger partial charge in [0.15, 0.2) is 0 Å². The second-order valence-electron chi connectivity index (χ2n) is 9.36. The number of amides is 2. The Labute approximate surface area is 207 Å². The molecule has 0 saturated heterocycles. The number of rotatable bonds is 6. The highest BCUT2D eigenvalue weighted by Crippen LogP contribution is 2.41. The number of methoxy groups -OCH3 is 1. The Morgan fingerprint density at radius 1 is 1.00 bits per heavy atom. The highest BCUT2D eigenvalue weighted by molar-refractivity contribution is 6.11. The highest BCUT2D eigenvalue weighted by Gasteiger charge is 2.38. The zero-order chi connectivity index (χ0) is 25.1. The molecule has 2 amide bonds. The third kappa shape index (κ3) is 4.95. The van der Waals surface area contributed by atoms with Gasteiger partial charge in [0.1, 0.15) is 11.5 Å². The van der Waals surface area contributed by atoms with Crippen molar-refractivity contribution in [2.45, 2.75) is 71.9 Å². The number of anilines is 2. The van der Waals surface area contributed by atoms with E-state index in [0.717, 1.165) is 36.8 Å². The minimum Gasteiger partial charge on any atom is -0.497 e. The number of carbonyl (C=O) groups is 2. The number of carbonyl (C=O) groups excluding carboxylic acids is 2. The lowest BCUT2D eigenvalue weighted by Gasteiger charge is -2.42. The summed E-state index contributed by atoms with van der Waals surface area (Å²) in [6.07, 6.45) is 4.66. The molecular formula is C28H36N2O5. The minimum absolute atomic E-state index is 0.106. The summed E-state index contributed by atoms with van der Waals surface area (Å²) in [6.45, 7) is 8.52. The quantitative estimate of drug-likeness (QED) is 0.505. The number of ether oxygens (including phenoxy) is 3. The number of hydrogen-bond donors (Lipinski definition) is 0. The molecule has 0 N–H and O–H groups in total. The van der Waals surface area contributed by atoms with E-state index < -0.39 is 0 Å². The van der Waals surface area contributed by atoms with Crippen molar-refractivity contribution in [3.05, 3.63) is 47.0 Å². The third-order valence-electron chi connectivity index (χ3n) is 7.10. The van der Waals surface area contributed by atoms with E-state index in [1.165, 1.54) is 0 Å². The molecule has 1 saturated carbocycles. The molecule has 1 aliphatic heterocycles. The van der Waals surface area contributed by atoms with Gasteiger partial charge in [-0.3, -0.25) is 9.69 Å². The van der Waals surface area contributed by atoms with Crippen molar-refractivity contribution in [1.29, 1.82) is 0 Å². The van der Waals surface area contributed by atoms with E-state index in [1.807, 2.05) is 32.9 Å². The number of benzene rings is 2. The zero-order valence-corrected chi connectivity index (χ0v) is 21.4. The van der Waals surface area contributed by atoms with Gasteiger partial charge in [-0.15, -0.1) is 0 Å². The van der Waals surface area contributed by atoms with Crippen molar-refractivity contribution in [2.75, 3.05) is 30.1 Å². The molecule has 1 atom stereocenters. The van der Waals surface area contributed by atoms with Gasteiger partial charge in [0.25, 0.3) is 5.91 Å². The monoisotopic (exact) mass is 480 g/mol. The molecule has 1 heterocycles. The van der Waals surface area contributed by atoms with Crippen LogP contribution in [0.3, 0.4) is 0 Å². The first-order chi connectivity index (χ1) is 16.9. The molecule has 1 aliphatic carbocycles. The lowest BCUT2D eigenvalue weighted by atomic mass is 9.99. The summed E-state index contributed by atoms with van der Waals surface area (Å²) in [4.78, 5) is 30.5. The summed E-state index contributed by atoms with van der Waals surface area (Å²) < 4.78 is 17.1. The number of aryl methyl sites for hydroxylation is 2. The molecule has 2 aromatic rings. The molecule has 2 aromatic carbocycles. The van der Waals surface area contributed by atoms with Crippen LogP contribution in [0, 0.1) is 13.8 Å². The number of nitrogens with zero attached hydrogens (tertiary/aromatic N) is 2. The average Bonchev–Trinajstić information content (AvgIpc) is 3.36. The lowest BCUT2D eigenvalue weighted by Crippen LogP contribution is -2.53. The predicted molar refractivity (Wildman–Crippen MR) is 137 cm³/mol. The van der Waals surface area contributed by atoms with Gasteiger partial charge < -0.3 is 19.1 Å². The number of fused-ring (bicyclic) bond motifs is 1. The van der Waals surface area contributed by atoms with Gasteiger partial charge in [0.2, 0.25) is 0 Å². The molecular weight excluding hydrogens is 444 g/mol. The molecule has 0 bridgehead atoms. The molecule has 35 heavy (non-hydrogen) atoms. The van der Waals surface area contributed by atoms with Crippen molar-refractivity contribution in [3.8, 4) is 11.5 Å². The van der Waals surface area contributed by atoms with Crippen LogP contribution in [0.1, 0.15) is 67.4 Å². The Kier molecular flexibility index (Phi) is 7.53. The van der Waals surface area contributed by atoms with E-state index in [2.05, 4.69) is 0 Å². The fourth-order valence-corrected chi connectivity index (χ4v) is 4.96. The molecule has 7 nitrogen and oxygen atoms in total. The van der Waals surface area contributed by atoms with Crippen molar-refractivity contribution in [1.82, 2.24) is 0 Å². The molecule has 0 spiro atoms. The van der Waals surface area contributed by atoms with Gasteiger partial charge in [0.05, 0.1) is 42.8 Å². The zero-order valence-electron chi connectivity index (χ0n) is 21.4. The predicted octanol–water partition coefficient (Wildman–Crippen LogP) is 6.04. The molecule has 1 unspecified atom stereocenters. The minimum atomic E-state index is -0.384. The van der Waals surface area contributed by atoms with Crippen molar-refractivity contribution in [3.63, 3.8) is 0 Å². The Balaban J connectivity index is 1.78. The van der Waals surface area contributed by atoms with E-state index in [-0.39, 0.29) is 24.1 Å². The summed E-state index contributed by atoms with van der Waals surface area (Å²) in [5.74, 6) is 1.06. The van der Waals surface area contributed by atoms with Gasteiger partial charge in [-0.1, -0.05) is 6.92 Å². The lowest BCUT2D eigenvalue weighted by molar-refractivity contribution is 0.0974. The van der Waals surface area contributed by atoms with Gasteiger partial charge in [-0.25, -0.2) is 4.79 Å². The van der Waals surface area contributed by atoms with E-state index in [9.17, 15) is 9.59 Å². The normalized spacial score (nSPS) is 17.8. The van der Waals surface area contributed by atoms with Crippen molar-refractivity contribution in [2.24, 2.45) is 0 Å².